The maximum Gasteiger partial charge on any atom is 0.270 e. The van der Waals surface area contributed by atoms with Crippen molar-refractivity contribution >= 4 is 51.7 Å². The molecule has 2 aromatic rings. The van der Waals surface area contributed by atoms with E-state index in [-0.39, 0.29) is 11.7 Å². The summed E-state index contributed by atoms with van der Waals surface area (Å²) in [6.45, 7) is 1.08. The second-order valence-electron chi connectivity index (χ2n) is 6.45. The van der Waals surface area contributed by atoms with Crippen molar-refractivity contribution in [3.63, 3.8) is 0 Å². The molecule has 1 N–H and O–H groups in total. The largest absolute Gasteiger partial charge is 0.508 e. The Bertz CT molecular complexity index is 939. The Kier molecular flexibility index (Phi) is 4.46. The molecule has 0 unspecified atom stereocenters. The van der Waals surface area contributed by atoms with E-state index in [2.05, 4.69) is 24.1 Å². The van der Waals surface area contributed by atoms with Gasteiger partial charge in [0.1, 0.15) is 5.75 Å². The van der Waals surface area contributed by atoms with Crippen LogP contribution in [0.4, 0.5) is 11.4 Å². The Morgan fingerprint density at radius 1 is 1.23 bits per heavy atom. The lowest BCUT2D eigenvalue weighted by Gasteiger charge is -2.27. The quantitative estimate of drug-likeness (QED) is 0.623. The number of aromatic hydroxyl groups is 1. The van der Waals surface area contributed by atoms with Crippen LogP contribution in [0, 0.1) is 0 Å². The number of fused-ring (bicyclic) bond motifs is 1. The van der Waals surface area contributed by atoms with Gasteiger partial charge in [-0.05, 0) is 54.3 Å². The minimum atomic E-state index is -0.152. The van der Waals surface area contributed by atoms with E-state index in [1.54, 1.807) is 24.3 Å². The van der Waals surface area contributed by atoms with E-state index in [9.17, 15) is 9.90 Å². The summed E-state index contributed by atoms with van der Waals surface area (Å²) in [5.74, 6) is -0.0419. The lowest BCUT2D eigenvalue weighted by atomic mass is 9.99. The van der Waals surface area contributed by atoms with Gasteiger partial charge in [0.15, 0.2) is 4.32 Å². The minimum Gasteiger partial charge on any atom is -0.508 e. The van der Waals surface area contributed by atoms with Gasteiger partial charge >= 0.3 is 0 Å². The first-order chi connectivity index (χ1) is 12.5. The van der Waals surface area contributed by atoms with Gasteiger partial charge in [0.05, 0.1) is 10.6 Å². The van der Waals surface area contributed by atoms with Gasteiger partial charge in [-0.1, -0.05) is 36.1 Å². The van der Waals surface area contributed by atoms with Crippen LogP contribution in [0.5, 0.6) is 5.75 Å². The van der Waals surface area contributed by atoms with E-state index in [4.69, 9.17) is 12.2 Å². The van der Waals surface area contributed by atoms with Gasteiger partial charge in [0, 0.05) is 25.3 Å². The molecule has 2 aliphatic heterocycles. The second kappa shape index (κ2) is 6.78. The summed E-state index contributed by atoms with van der Waals surface area (Å²) in [6.07, 6.45) is 4.11. The number of thiocarbonyl (C=S) groups is 1. The van der Waals surface area contributed by atoms with E-state index >= 15 is 0 Å². The fraction of sp³-hybridized carbons (Fsp3) is 0.200. The van der Waals surface area contributed by atoms with Gasteiger partial charge in [-0.25, -0.2) is 0 Å². The van der Waals surface area contributed by atoms with Crippen LogP contribution in [0.3, 0.4) is 0 Å². The first kappa shape index (κ1) is 17.1. The van der Waals surface area contributed by atoms with Crippen molar-refractivity contribution in [2.75, 3.05) is 23.4 Å². The molecule has 0 bridgehead atoms. The number of rotatable bonds is 2. The van der Waals surface area contributed by atoms with Gasteiger partial charge < -0.3 is 10.0 Å². The molecule has 0 radical (unpaired) electrons. The number of nitrogens with zero attached hydrogens (tertiary/aromatic N) is 2. The summed E-state index contributed by atoms with van der Waals surface area (Å²) in [7, 11) is 2.11. The Labute approximate surface area is 162 Å². The summed E-state index contributed by atoms with van der Waals surface area (Å²) >= 11 is 6.68. The van der Waals surface area contributed by atoms with E-state index < -0.39 is 0 Å². The van der Waals surface area contributed by atoms with Crippen LogP contribution >= 0.6 is 24.0 Å². The smallest absolute Gasteiger partial charge is 0.270 e. The molecular formula is C20H18N2O2S2. The molecule has 0 aromatic heterocycles. The second-order valence-corrected chi connectivity index (χ2v) is 8.13. The number of phenolic OH excluding ortho intramolecular Hbond substituents is 1. The zero-order valence-electron chi connectivity index (χ0n) is 14.3. The maximum absolute atomic E-state index is 12.8. The highest BCUT2D eigenvalue weighted by Gasteiger charge is 2.33. The predicted molar refractivity (Wildman–Crippen MR) is 112 cm³/mol. The zero-order chi connectivity index (χ0) is 18.3. The number of thioether (sulfide) groups is 1. The molecule has 2 aromatic carbocycles. The van der Waals surface area contributed by atoms with Crippen LogP contribution in [0.15, 0.2) is 47.4 Å². The lowest BCUT2D eigenvalue weighted by molar-refractivity contribution is -0.113. The third-order valence-electron chi connectivity index (χ3n) is 4.63. The third-order valence-corrected chi connectivity index (χ3v) is 5.94. The average molecular weight is 383 g/mol. The van der Waals surface area contributed by atoms with Crippen LogP contribution in [0.1, 0.15) is 17.5 Å². The SMILES string of the molecule is CN1CCCc2cc(/C=C3/SC(=S)N(c4cccc(O)c4)C3=O)ccc21. The molecule has 1 saturated heterocycles. The average Bonchev–Trinajstić information content (AvgIpc) is 2.88. The van der Waals surface area contributed by atoms with Crippen LogP contribution in [0.2, 0.25) is 0 Å². The Balaban J connectivity index is 1.64. The van der Waals surface area contributed by atoms with Crippen molar-refractivity contribution in [3.8, 4) is 5.75 Å². The van der Waals surface area contributed by atoms with Gasteiger partial charge in [-0.15, -0.1) is 0 Å². The van der Waals surface area contributed by atoms with Crippen molar-refractivity contribution in [3.05, 3.63) is 58.5 Å². The fourth-order valence-corrected chi connectivity index (χ4v) is 4.67. The number of phenols is 1. The van der Waals surface area contributed by atoms with E-state index in [1.807, 2.05) is 12.1 Å². The Morgan fingerprint density at radius 2 is 2.08 bits per heavy atom. The molecule has 0 atom stereocenters. The molecule has 0 aliphatic carbocycles. The van der Waals surface area contributed by atoms with Crippen LogP contribution in [0.25, 0.3) is 6.08 Å². The Hall–Kier alpha value is -2.31. The standard InChI is InChI=1S/C20H18N2O2S2/c1-21-9-3-4-14-10-13(7-8-17(14)21)11-18-19(24)22(20(25)26-18)15-5-2-6-16(23)12-15/h2,5-8,10-12,23H,3-4,9H2,1H3/b18-11+. The molecule has 0 spiro atoms. The first-order valence-corrected chi connectivity index (χ1v) is 9.66. The molecule has 1 fully saturated rings. The molecule has 6 heteroatoms. The lowest BCUT2D eigenvalue weighted by Crippen LogP contribution is -2.27. The molecule has 2 heterocycles. The number of carbonyl (C=O) groups excluding carboxylic acids is 1. The van der Waals surface area contributed by atoms with Crippen LogP contribution in [-0.4, -0.2) is 28.9 Å². The predicted octanol–water partition coefficient (Wildman–Crippen LogP) is 4.18. The van der Waals surface area contributed by atoms with Crippen LogP contribution in [-0.2, 0) is 11.2 Å². The van der Waals surface area contributed by atoms with Gasteiger partial charge in [0.25, 0.3) is 5.91 Å². The maximum atomic E-state index is 12.8. The van der Waals surface area contributed by atoms with E-state index in [0.29, 0.717) is 14.9 Å². The van der Waals surface area contributed by atoms with E-state index in [0.717, 1.165) is 24.9 Å². The van der Waals surface area contributed by atoms with Crippen molar-refractivity contribution < 1.29 is 9.90 Å². The minimum absolute atomic E-state index is 0.110. The number of aryl methyl sites for hydroxylation is 1. The van der Waals surface area contributed by atoms with Gasteiger partial charge in [0.2, 0.25) is 0 Å². The van der Waals surface area contributed by atoms with Crippen molar-refractivity contribution in [1.82, 2.24) is 0 Å². The molecule has 2 aliphatic rings. The summed E-state index contributed by atoms with van der Waals surface area (Å²) in [5.41, 5.74) is 4.18. The number of benzene rings is 2. The van der Waals surface area contributed by atoms with E-state index in [1.165, 1.54) is 27.9 Å². The summed E-state index contributed by atoms with van der Waals surface area (Å²) < 4.78 is 0.476. The molecule has 0 saturated carbocycles. The number of amides is 1. The topological polar surface area (TPSA) is 43.8 Å². The van der Waals surface area contributed by atoms with Crippen molar-refractivity contribution in [1.29, 1.82) is 0 Å². The number of anilines is 2. The molecule has 4 nitrogen and oxygen atoms in total. The highest BCUT2D eigenvalue weighted by molar-refractivity contribution is 8.27. The summed E-state index contributed by atoms with van der Waals surface area (Å²) in [5, 5.41) is 9.67. The Morgan fingerprint density at radius 3 is 2.88 bits per heavy atom. The summed E-state index contributed by atoms with van der Waals surface area (Å²) in [6, 6.07) is 12.9. The third kappa shape index (κ3) is 3.10. The van der Waals surface area contributed by atoms with Crippen molar-refractivity contribution in [2.24, 2.45) is 0 Å². The summed E-state index contributed by atoms with van der Waals surface area (Å²) in [4.78, 5) is 17.2. The number of hydrogen-bond acceptors (Lipinski definition) is 5. The first-order valence-electron chi connectivity index (χ1n) is 8.44. The molecule has 4 rings (SSSR count). The van der Waals surface area contributed by atoms with Gasteiger partial charge in [-0.2, -0.15) is 0 Å². The fourth-order valence-electron chi connectivity index (χ4n) is 3.37. The highest BCUT2D eigenvalue weighted by Crippen LogP contribution is 2.37. The molecule has 26 heavy (non-hydrogen) atoms. The number of carbonyl (C=O) groups is 1. The highest BCUT2D eigenvalue weighted by atomic mass is 32.2. The normalized spacial score (nSPS) is 18.6. The van der Waals surface area contributed by atoms with Crippen LogP contribution < -0.4 is 9.80 Å². The zero-order valence-corrected chi connectivity index (χ0v) is 15.9. The monoisotopic (exact) mass is 382 g/mol. The molecular weight excluding hydrogens is 364 g/mol. The molecule has 1 amide bonds. The molecule has 132 valence electrons. The number of hydrogen-bond donors (Lipinski definition) is 1. The van der Waals surface area contributed by atoms with Crippen molar-refractivity contribution in [2.45, 2.75) is 12.8 Å². The van der Waals surface area contributed by atoms with Gasteiger partial charge in [-0.3, -0.25) is 9.69 Å².